The van der Waals surface area contributed by atoms with Crippen molar-refractivity contribution in [3.8, 4) is 0 Å². The van der Waals surface area contributed by atoms with Crippen LogP contribution in [0.2, 0.25) is 0 Å². The quantitative estimate of drug-likeness (QED) is 0.860. The van der Waals surface area contributed by atoms with Crippen LogP contribution in [-0.2, 0) is 6.54 Å². The zero-order valence-corrected chi connectivity index (χ0v) is 14.4. The smallest absolute Gasteiger partial charge is 0.253 e. The van der Waals surface area contributed by atoms with Crippen LogP contribution in [0, 0.1) is 5.92 Å². The number of benzene rings is 1. The maximum absolute atomic E-state index is 12.4. The number of carbonyl (C=O) groups is 1. The van der Waals surface area contributed by atoms with E-state index < -0.39 is 0 Å². The summed E-state index contributed by atoms with van der Waals surface area (Å²) >= 11 is 0. The number of hydrogen-bond donors (Lipinski definition) is 1. The van der Waals surface area contributed by atoms with E-state index in [-0.39, 0.29) is 30.7 Å². The molecule has 0 aliphatic carbocycles. The van der Waals surface area contributed by atoms with Crippen LogP contribution in [0.25, 0.3) is 0 Å². The number of anilines is 1. The number of hydrogen-bond acceptors (Lipinski definition) is 3. The van der Waals surface area contributed by atoms with E-state index in [1.807, 2.05) is 34.0 Å². The van der Waals surface area contributed by atoms with Crippen molar-refractivity contribution in [3.05, 3.63) is 48.3 Å². The Balaban J connectivity index is 0.00000132. The third kappa shape index (κ3) is 4.88. The van der Waals surface area contributed by atoms with Gasteiger partial charge in [-0.05, 0) is 43.0 Å². The zero-order chi connectivity index (χ0) is 14.7. The number of likely N-dealkylation sites (tertiary alicyclic amines) is 1. The molecule has 1 aliphatic rings. The van der Waals surface area contributed by atoms with Crippen molar-refractivity contribution in [3.63, 3.8) is 0 Å². The lowest BCUT2D eigenvalue weighted by Gasteiger charge is -2.32. The Kier molecular flexibility index (Phi) is 7.39. The van der Waals surface area contributed by atoms with E-state index in [9.17, 15) is 4.79 Å². The molecule has 5 nitrogen and oxygen atoms in total. The molecule has 1 fully saturated rings. The monoisotopic (exact) mass is 356 g/mol. The van der Waals surface area contributed by atoms with Gasteiger partial charge < -0.3 is 10.6 Å². The van der Waals surface area contributed by atoms with E-state index in [4.69, 9.17) is 5.73 Å². The Bertz CT molecular complexity index is 610. The number of halogens is 2. The second-order valence-electron chi connectivity index (χ2n) is 5.59. The summed E-state index contributed by atoms with van der Waals surface area (Å²) in [6.07, 6.45) is 5.84. The summed E-state index contributed by atoms with van der Waals surface area (Å²) in [5, 5.41) is 4.24. The fourth-order valence-electron chi connectivity index (χ4n) is 2.85. The Morgan fingerprint density at radius 3 is 2.57 bits per heavy atom. The average molecular weight is 357 g/mol. The first kappa shape index (κ1) is 19.3. The maximum Gasteiger partial charge on any atom is 0.253 e. The van der Waals surface area contributed by atoms with Crippen molar-refractivity contribution in [2.24, 2.45) is 5.92 Å². The molecule has 23 heavy (non-hydrogen) atoms. The molecule has 2 aromatic rings. The molecule has 1 amide bonds. The van der Waals surface area contributed by atoms with Crippen molar-refractivity contribution < 1.29 is 4.79 Å². The van der Waals surface area contributed by atoms with Crippen molar-refractivity contribution >= 4 is 36.4 Å². The van der Waals surface area contributed by atoms with Crippen LogP contribution in [0.1, 0.15) is 23.2 Å². The van der Waals surface area contributed by atoms with Crippen LogP contribution < -0.4 is 5.73 Å². The first-order chi connectivity index (χ1) is 10.2. The minimum atomic E-state index is 0. The van der Waals surface area contributed by atoms with Gasteiger partial charge in [0.05, 0.1) is 0 Å². The van der Waals surface area contributed by atoms with Crippen LogP contribution in [0.5, 0.6) is 0 Å². The van der Waals surface area contributed by atoms with Gasteiger partial charge in [0.2, 0.25) is 0 Å². The van der Waals surface area contributed by atoms with Gasteiger partial charge in [0.25, 0.3) is 5.91 Å². The predicted molar refractivity (Wildman–Crippen MR) is 96.2 cm³/mol. The molecule has 0 atom stereocenters. The summed E-state index contributed by atoms with van der Waals surface area (Å²) in [6, 6.07) is 9.14. The minimum absolute atomic E-state index is 0. The third-order valence-electron chi connectivity index (χ3n) is 4.04. The lowest BCUT2D eigenvalue weighted by atomic mass is 9.96. The molecule has 0 spiro atoms. The number of piperidine rings is 1. The van der Waals surface area contributed by atoms with Gasteiger partial charge in [0, 0.05) is 43.3 Å². The van der Waals surface area contributed by atoms with Crippen LogP contribution in [0.3, 0.4) is 0 Å². The summed E-state index contributed by atoms with van der Waals surface area (Å²) in [5.74, 6) is 0.676. The first-order valence-corrected chi connectivity index (χ1v) is 7.34. The van der Waals surface area contributed by atoms with Crippen LogP contribution >= 0.6 is 24.8 Å². The maximum atomic E-state index is 12.4. The van der Waals surface area contributed by atoms with Gasteiger partial charge in [-0.1, -0.05) is 6.07 Å². The molecular formula is C16H22Cl2N4O. The fraction of sp³-hybridized carbons (Fsp3) is 0.375. The molecule has 0 bridgehead atoms. The summed E-state index contributed by atoms with van der Waals surface area (Å²) in [5.41, 5.74) is 7.06. The third-order valence-corrected chi connectivity index (χ3v) is 4.04. The van der Waals surface area contributed by atoms with Gasteiger partial charge in [-0.2, -0.15) is 5.10 Å². The van der Waals surface area contributed by atoms with Gasteiger partial charge in [-0.25, -0.2) is 0 Å². The van der Waals surface area contributed by atoms with E-state index in [0.717, 1.165) is 32.5 Å². The molecule has 1 aliphatic heterocycles. The van der Waals surface area contributed by atoms with Crippen LogP contribution in [-0.4, -0.2) is 33.7 Å². The molecule has 1 aromatic carbocycles. The summed E-state index contributed by atoms with van der Waals surface area (Å²) in [6.45, 7) is 2.55. The van der Waals surface area contributed by atoms with Gasteiger partial charge in [0.1, 0.15) is 0 Å². The molecule has 2 N–H and O–H groups in total. The highest BCUT2D eigenvalue weighted by Gasteiger charge is 2.23. The normalized spacial score (nSPS) is 14.7. The lowest BCUT2D eigenvalue weighted by Crippen LogP contribution is -2.39. The lowest BCUT2D eigenvalue weighted by molar-refractivity contribution is 0.0681. The topological polar surface area (TPSA) is 64.2 Å². The highest BCUT2D eigenvalue weighted by Crippen LogP contribution is 2.21. The summed E-state index contributed by atoms with van der Waals surface area (Å²) in [4.78, 5) is 14.4. The molecule has 1 saturated heterocycles. The van der Waals surface area contributed by atoms with E-state index >= 15 is 0 Å². The summed E-state index contributed by atoms with van der Waals surface area (Å²) < 4.78 is 1.97. The van der Waals surface area contributed by atoms with E-state index in [1.54, 1.807) is 18.3 Å². The van der Waals surface area contributed by atoms with Crippen LogP contribution in [0.15, 0.2) is 42.7 Å². The van der Waals surface area contributed by atoms with Crippen molar-refractivity contribution in [2.45, 2.75) is 19.4 Å². The van der Waals surface area contributed by atoms with Crippen LogP contribution in [0.4, 0.5) is 5.69 Å². The highest BCUT2D eigenvalue weighted by atomic mass is 35.5. The highest BCUT2D eigenvalue weighted by molar-refractivity contribution is 5.95. The molecule has 3 rings (SSSR count). The summed E-state index contributed by atoms with van der Waals surface area (Å²) in [7, 11) is 0. The Morgan fingerprint density at radius 2 is 1.96 bits per heavy atom. The molecule has 1 aromatic heterocycles. The van der Waals surface area contributed by atoms with E-state index in [0.29, 0.717) is 17.2 Å². The van der Waals surface area contributed by atoms with Gasteiger partial charge in [0.15, 0.2) is 0 Å². The Hall–Kier alpha value is -1.72. The number of rotatable bonds is 3. The standard InChI is InChI=1S/C16H20N4O.2ClH/c17-15-4-1-3-14(11-15)16(21)19-9-5-13(6-10-19)12-20-8-2-7-18-20;;/h1-4,7-8,11,13H,5-6,9-10,12,17H2;2*1H. The van der Waals surface area contributed by atoms with Gasteiger partial charge in [-0.3, -0.25) is 9.48 Å². The van der Waals surface area contributed by atoms with Gasteiger partial charge in [-0.15, -0.1) is 24.8 Å². The molecule has 0 saturated carbocycles. The van der Waals surface area contributed by atoms with Crippen molar-refractivity contribution in [1.29, 1.82) is 0 Å². The number of carbonyl (C=O) groups excluding carboxylic acids is 1. The average Bonchev–Trinajstić information content (AvgIpc) is 3.00. The number of aromatic nitrogens is 2. The minimum Gasteiger partial charge on any atom is -0.399 e. The molecule has 126 valence electrons. The predicted octanol–water partition coefficient (Wildman–Crippen LogP) is 2.86. The Morgan fingerprint density at radius 1 is 1.22 bits per heavy atom. The number of nitrogen functional groups attached to an aromatic ring is 1. The molecule has 0 radical (unpaired) electrons. The second-order valence-corrected chi connectivity index (χ2v) is 5.59. The first-order valence-electron chi connectivity index (χ1n) is 7.34. The molecular weight excluding hydrogens is 335 g/mol. The molecule has 0 unspecified atom stereocenters. The van der Waals surface area contributed by atoms with Gasteiger partial charge >= 0.3 is 0 Å². The number of nitrogens with zero attached hydrogens (tertiary/aromatic N) is 3. The van der Waals surface area contributed by atoms with E-state index in [1.165, 1.54) is 0 Å². The number of nitrogens with two attached hydrogens (primary N) is 1. The Labute approximate surface area is 148 Å². The molecule has 7 heteroatoms. The van der Waals surface area contributed by atoms with Crippen molar-refractivity contribution in [1.82, 2.24) is 14.7 Å². The molecule has 2 heterocycles. The second kappa shape index (κ2) is 8.79. The fourth-order valence-corrected chi connectivity index (χ4v) is 2.85. The van der Waals surface area contributed by atoms with E-state index in [2.05, 4.69) is 5.10 Å². The van der Waals surface area contributed by atoms with Crippen molar-refractivity contribution in [2.75, 3.05) is 18.8 Å². The number of amides is 1. The SMILES string of the molecule is Cl.Cl.Nc1cccc(C(=O)N2CCC(Cn3cccn3)CC2)c1. The largest absolute Gasteiger partial charge is 0.399 e. The zero-order valence-electron chi connectivity index (χ0n) is 12.8.